The topological polar surface area (TPSA) is 69.2 Å². The Kier molecular flexibility index (Phi) is 8.53. The predicted molar refractivity (Wildman–Crippen MR) is 152 cm³/mol. The second-order valence-corrected chi connectivity index (χ2v) is 8.78. The van der Waals surface area contributed by atoms with E-state index in [-0.39, 0.29) is 0 Å². The summed E-state index contributed by atoms with van der Waals surface area (Å²) in [6.07, 6.45) is 3.77. The third kappa shape index (κ3) is 5.91. The third-order valence-electron chi connectivity index (χ3n) is 6.52. The van der Waals surface area contributed by atoms with Crippen LogP contribution in [0.25, 0.3) is 22.5 Å². The average Bonchev–Trinajstić information content (AvgIpc) is 2.99. The van der Waals surface area contributed by atoms with Gasteiger partial charge in [-0.15, -0.1) is 0 Å². The minimum Gasteiger partial charge on any atom is -0.497 e. The smallest absolute Gasteiger partial charge is 0.131 e. The molecule has 4 aromatic rings. The maximum absolute atomic E-state index is 5.53. The number of nitrogens with zero attached hydrogens (tertiary/aromatic N) is 4. The Labute approximate surface area is 224 Å². The van der Waals surface area contributed by atoms with Gasteiger partial charge < -0.3 is 28.7 Å². The molecule has 38 heavy (non-hydrogen) atoms. The summed E-state index contributed by atoms with van der Waals surface area (Å²) in [6, 6.07) is 19.6. The summed E-state index contributed by atoms with van der Waals surface area (Å²) >= 11 is 0. The van der Waals surface area contributed by atoms with Crippen molar-refractivity contribution in [3.63, 3.8) is 0 Å². The fourth-order valence-corrected chi connectivity index (χ4v) is 4.12. The average molecular weight is 515 g/mol. The third-order valence-corrected chi connectivity index (χ3v) is 6.52. The first-order valence-electron chi connectivity index (χ1n) is 12.3. The van der Waals surface area contributed by atoms with Crippen molar-refractivity contribution in [2.45, 2.75) is 0 Å². The van der Waals surface area contributed by atoms with Crippen LogP contribution in [0.2, 0.25) is 0 Å². The molecule has 0 bridgehead atoms. The molecule has 0 unspecified atom stereocenters. The van der Waals surface area contributed by atoms with E-state index in [1.165, 1.54) is 0 Å². The van der Waals surface area contributed by atoms with Gasteiger partial charge in [0.05, 0.1) is 63.6 Å². The van der Waals surface area contributed by atoms with Crippen molar-refractivity contribution in [3.8, 4) is 45.5 Å². The Bertz CT molecular complexity index is 1240. The molecule has 0 N–H and O–H groups in total. The number of ether oxygens (including phenoxy) is 4. The van der Waals surface area contributed by atoms with Crippen molar-refractivity contribution in [2.75, 3.05) is 65.4 Å². The lowest BCUT2D eigenvalue weighted by atomic mass is 10.1. The molecule has 0 spiro atoms. The zero-order valence-electron chi connectivity index (χ0n) is 22.8. The second kappa shape index (κ2) is 12.2. The highest BCUT2D eigenvalue weighted by atomic mass is 16.5. The molecule has 8 heteroatoms. The van der Waals surface area contributed by atoms with Crippen molar-refractivity contribution in [1.29, 1.82) is 0 Å². The number of benzene rings is 2. The molecule has 0 radical (unpaired) electrons. The quantitative estimate of drug-likeness (QED) is 0.263. The number of likely N-dealkylation sites (N-methyl/N-ethyl adjacent to an activating group) is 2. The molecule has 0 aliphatic rings. The molecule has 198 valence electrons. The number of hydrogen-bond donors (Lipinski definition) is 0. The van der Waals surface area contributed by atoms with Crippen molar-refractivity contribution in [2.24, 2.45) is 0 Å². The van der Waals surface area contributed by atoms with Gasteiger partial charge in [0.25, 0.3) is 0 Å². The molecular formula is C30H34N4O4. The van der Waals surface area contributed by atoms with Gasteiger partial charge in [0.15, 0.2) is 0 Å². The summed E-state index contributed by atoms with van der Waals surface area (Å²) in [5, 5.41) is 0. The van der Waals surface area contributed by atoms with Crippen LogP contribution < -0.4 is 28.7 Å². The Morgan fingerprint density at radius 3 is 1.29 bits per heavy atom. The zero-order valence-corrected chi connectivity index (χ0v) is 22.8. The van der Waals surface area contributed by atoms with Gasteiger partial charge in [0.2, 0.25) is 0 Å². The van der Waals surface area contributed by atoms with Gasteiger partial charge in [0, 0.05) is 50.4 Å². The molecule has 2 aromatic carbocycles. The van der Waals surface area contributed by atoms with E-state index in [1.54, 1.807) is 28.4 Å². The highest BCUT2D eigenvalue weighted by Crippen LogP contribution is 2.34. The van der Waals surface area contributed by atoms with Crippen molar-refractivity contribution in [3.05, 3.63) is 73.1 Å². The minimum absolute atomic E-state index is 0.727. The fourth-order valence-electron chi connectivity index (χ4n) is 4.12. The van der Waals surface area contributed by atoms with E-state index in [2.05, 4.69) is 46.0 Å². The van der Waals surface area contributed by atoms with E-state index in [0.29, 0.717) is 0 Å². The number of hydrogen-bond acceptors (Lipinski definition) is 8. The predicted octanol–water partition coefficient (Wildman–Crippen LogP) is 5.42. The summed E-state index contributed by atoms with van der Waals surface area (Å²) in [7, 11) is 10.7. The van der Waals surface area contributed by atoms with Crippen LogP contribution in [0, 0.1) is 0 Å². The molecule has 0 aliphatic heterocycles. The lowest BCUT2D eigenvalue weighted by Crippen LogP contribution is -2.30. The summed E-state index contributed by atoms with van der Waals surface area (Å²) in [6.45, 7) is 1.63. The van der Waals surface area contributed by atoms with Gasteiger partial charge >= 0.3 is 0 Å². The zero-order chi connectivity index (χ0) is 27.1. The van der Waals surface area contributed by atoms with Crippen molar-refractivity contribution < 1.29 is 18.9 Å². The Hall–Kier alpha value is -4.46. The summed E-state index contributed by atoms with van der Waals surface area (Å²) < 4.78 is 21.6. The molecule has 0 atom stereocenters. The second-order valence-electron chi connectivity index (χ2n) is 8.78. The van der Waals surface area contributed by atoms with E-state index in [0.717, 1.165) is 70.0 Å². The highest BCUT2D eigenvalue weighted by molar-refractivity contribution is 5.70. The molecule has 0 saturated carbocycles. The maximum atomic E-state index is 5.53. The number of aromatic nitrogens is 2. The van der Waals surface area contributed by atoms with Gasteiger partial charge in [-0.25, -0.2) is 0 Å². The molecule has 0 amide bonds. The van der Waals surface area contributed by atoms with Crippen LogP contribution >= 0.6 is 0 Å². The summed E-state index contributed by atoms with van der Waals surface area (Å²) in [5.74, 6) is 2.95. The minimum atomic E-state index is 0.727. The fraction of sp³-hybridized carbons (Fsp3) is 0.267. The number of rotatable bonds is 11. The molecule has 8 nitrogen and oxygen atoms in total. The molecule has 2 heterocycles. The van der Waals surface area contributed by atoms with Gasteiger partial charge in [-0.05, 0) is 48.5 Å². The van der Waals surface area contributed by atoms with E-state index >= 15 is 0 Å². The first-order valence-corrected chi connectivity index (χ1v) is 12.3. The number of pyridine rings is 2. The van der Waals surface area contributed by atoms with Crippen molar-refractivity contribution in [1.82, 2.24) is 9.97 Å². The van der Waals surface area contributed by atoms with E-state index in [4.69, 9.17) is 18.9 Å². The Balaban J connectivity index is 1.38. The van der Waals surface area contributed by atoms with Gasteiger partial charge in [0.1, 0.15) is 23.0 Å². The van der Waals surface area contributed by atoms with Gasteiger partial charge in [-0.1, -0.05) is 0 Å². The van der Waals surface area contributed by atoms with E-state index in [9.17, 15) is 0 Å². The maximum Gasteiger partial charge on any atom is 0.131 e. The number of anilines is 2. The van der Waals surface area contributed by atoms with Crippen LogP contribution in [-0.4, -0.2) is 65.6 Å². The largest absolute Gasteiger partial charge is 0.497 e. The molecule has 0 saturated heterocycles. The number of methoxy groups -OCH3 is 4. The normalized spacial score (nSPS) is 10.6. The van der Waals surface area contributed by atoms with E-state index in [1.807, 2.05) is 60.9 Å². The van der Waals surface area contributed by atoms with Crippen LogP contribution in [0.1, 0.15) is 0 Å². The lowest BCUT2D eigenvalue weighted by molar-refractivity contribution is 0.395. The standard InChI is InChI=1S/C30H34N4O4/c1-33(21-7-13-27(31-19-21)25-11-9-23(35-3)17-29(25)37-5)15-16-34(2)22-8-14-28(32-20-22)26-12-10-24(36-4)18-30(26)38-6/h7-14,17-20H,15-16H2,1-6H3. The first-order chi connectivity index (χ1) is 18.5. The molecule has 4 rings (SSSR count). The van der Waals surface area contributed by atoms with Crippen LogP contribution in [0.15, 0.2) is 73.1 Å². The summed E-state index contributed by atoms with van der Waals surface area (Å²) in [4.78, 5) is 13.7. The molecule has 0 fully saturated rings. The van der Waals surface area contributed by atoms with Crippen LogP contribution in [0.3, 0.4) is 0 Å². The Morgan fingerprint density at radius 2 is 0.974 bits per heavy atom. The highest BCUT2D eigenvalue weighted by Gasteiger charge is 2.12. The molecule has 2 aromatic heterocycles. The first kappa shape index (κ1) is 26.6. The van der Waals surface area contributed by atoms with Crippen LogP contribution in [0.5, 0.6) is 23.0 Å². The lowest BCUT2D eigenvalue weighted by Gasteiger charge is -2.25. The van der Waals surface area contributed by atoms with Gasteiger partial charge in [-0.3, -0.25) is 9.97 Å². The van der Waals surface area contributed by atoms with Crippen LogP contribution in [-0.2, 0) is 0 Å². The summed E-state index contributed by atoms with van der Waals surface area (Å²) in [5.41, 5.74) is 5.61. The van der Waals surface area contributed by atoms with Gasteiger partial charge in [-0.2, -0.15) is 0 Å². The van der Waals surface area contributed by atoms with Crippen LogP contribution in [0.4, 0.5) is 11.4 Å². The monoisotopic (exact) mass is 514 g/mol. The Morgan fingerprint density at radius 1 is 0.553 bits per heavy atom. The molecule has 0 aliphatic carbocycles. The van der Waals surface area contributed by atoms with E-state index < -0.39 is 0 Å². The van der Waals surface area contributed by atoms with Crippen molar-refractivity contribution >= 4 is 11.4 Å². The molecular weight excluding hydrogens is 480 g/mol. The SMILES string of the molecule is COc1ccc(-c2ccc(N(C)CCN(C)c3ccc(-c4ccc(OC)cc4OC)nc3)cn2)c(OC)c1.